The summed E-state index contributed by atoms with van der Waals surface area (Å²) in [5.41, 5.74) is 3.89. The minimum absolute atomic E-state index is 0. The molecule has 4 aliphatic heterocycles. The van der Waals surface area contributed by atoms with Crippen molar-refractivity contribution in [2.45, 2.75) is 277 Å². The number of nitrogens with zero attached hydrogens (tertiary/aromatic N) is 6. The Morgan fingerprint density at radius 1 is 0.561 bits per heavy atom. The van der Waals surface area contributed by atoms with Gasteiger partial charge in [0.25, 0.3) is 0 Å². The molecule has 2 aromatic heterocycles. The van der Waals surface area contributed by atoms with Crippen LogP contribution in [-0.4, -0.2) is 118 Å². The molecule has 28 heteroatoms. The van der Waals surface area contributed by atoms with E-state index in [-0.39, 0.29) is 95.1 Å². The first-order valence-electron chi connectivity index (χ1n) is 37.5. The number of carbonyl (C=O) groups excluding carboxylic acids is 9. The van der Waals surface area contributed by atoms with Crippen LogP contribution in [0.15, 0.2) is 48.8 Å². The van der Waals surface area contributed by atoms with E-state index in [0.717, 1.165) is 153 Å². The molecule has 107 heavy (non-hydrogen) atoms. The number of rotatable bonds is 34. The molecule has 0 bridgehead atoms. The molecule has 2 aromatic carbocycles. The van der Waals surface area contributed by atoms with Gasteiger partial charge in [-0.25, -0.2) is 18.1 Å². The lowest BCUT2D eigenvalue weighted by molar-refractivity contribution is -0.143. The zero-order valence-electron chi connectivity index (χ0n) is 63.3. The molecule has 6 fully saturated rings. The van der Waals surface area contributed by atoms with Crippen LogP contribution >= 0.6 is 12.4 Å². The molecule has 4 saturated heterocycles. The number of hydrogen-bond acceptors (Lipinski definition) is 18. The van der Waals surface area contributed by atoms with Crippen LogP contribution in [0.1, 0.15) is 257 Å². The molecule has 4 aromatic rings. The predicted molar refractivity (Wildman–Crippen MR) is 400 cm³/mol. The number of aromatic nitrogens is 6. The van der Waals surface area contributed by atoms with E-state index in [0.29, 0.717) is 107 Å². The van der Waals surface area contributed by atoms with Gasteiger partial charge in [0.2, 0.25) is 47.3 Å². The molecule has 0 spiro atoms. The van der Waals surface area contributed by atoms with Gasteiger partial charge in [-0.2, -0.15) is 0 Å². The molecule has 2 aliphatic carbocycles. The number of ether oxygens (including phenoxy) is 2. The Labute approximate surface area is 634 Å². The van der Waals surface area contributed by atoms with Crippen molar-refractivity contribution in [3.8, 4) is 36.2 Å². The van der Waals surface area contributed by atoms with E-state index in [9.17, 15) is 62.1 Å². The topological polar surface area (TPSA) is 380 Å². The second-order valence-electron chi connectivity index (χ2n) is 30.1. The summed E-state index contributed by atoms with van der Waals surface area (Å²) in [5.74, 6) is 4.00. The lowest BCUT2D eigenvalue weighted by Crippen LogP contribution is -2.57. The molecule has 6 aliphatic rings. The summed E-state index contributed by atoms with van der Waals surface area (Å²) < 4.78 is 43.4. The number of aldehydes is 1. The van der Waals surface area contributed by atoms with Crippen molar-refractivity contribution >= 4 is 66.0 Å². The first-order chi connectivity index (χ1) is 50.0. The van der Waals surface area contributed by atoms with Crippen LogP contribution in [0, 0.1) is 64.4 Å². The second kappa shape index (κ2) is 43.6. The Morgan fingerprint density at radius 2 is 0.916 bits per heavy atom. The third-order valence-corrected chi connectivity index (χ3v) is 20.9. The number of terminal acetylenes is 2. The SMILES string of the molecule is C#CCCCC=O.C#CCCCCCC1(C)CCC(=O)NC1=O.CC1(N)CCC(=O)NC1=O.CC[C@@](O)(Cn1nncc1CCCCCC1(C)CCC(=O)NC1=O)c1ccc(F)c(OCC2CC2)c1.CC[C@@](O)(Cn1nncc1CCCCCC1(C)CCC(=O)NC1=O)c1ccc(F)c(OCC2CC2)c1.Cl.O. The van der Waals surface area contributed by atoms with Crippen molar-refractivity contribution in [2.75, 3.05) is 13.2 Å². The average Bonchev–Trinajstić information content (AvgIpc) is 1.57. The average molecular weight is 1520 g/mol. The highest BCUT2D eigenvalue weighted by atomic mass is 35.5. The van der Waals surface area contributed by atoms with E-state index in [1.165, 1.54) is 12.1 Å². The highest BCUT2D eigenvalue weighted by Crippen LogP contribution is 2.39. The van der Waals surface area contributed by atoms with E-state index in [4.69, 9.17) is 28.1 Å². The Bertz CT molecular complexity index is 3530. The molecule has 6 atom stereocenters. The van der Waals surface area contributed by atoms with Gasteiger partial charge in [0, 0.05) is 61.2 Å². The van der Waals surface area contributed by atoms with Crippen LogP contribution in [0.4, 0.5) is 8.78 Å². The van der Waals surface area contributed by atoms with Gasteiger partial charge >= 0.3 is 0 Å². The maximum atomic E-state index is 14.3. The molecule has 8 amide bonds. The number of aryl methyl sites for hydroxylation is 2. The minimum atomic E-state index is -1.24. The summed E-state index contributed by atoms with van der Waals surface area (Å²) in [4.78, 5) is 101. The van der Waals surface area contributed by atoms with Gasteiger partial charge in [0.1, 0.15) is 17.5 Å². The van der Waals surface area contributed by atoms with E-state index >= 15 is 0 Å². The molecule has 590 valence electrons. The van der Waals surface area contributed by atoms with Crippen LogP contribution in [-0.2, 0) is 80.3 Å². The summed E-state index contributed by atoms with van der Waals surface area (Å²) >= 11 is 0. The monoisotopic (exact) mass is 1510 g/mol. The molecule has 2 saturated carbocycles. The lowest BCUT2D eigenvalue weighted by Gasteiger charge is -2.31. The highest BCUT2D eigenvalue weighted by Gasteiger charge is 2.41. The van der Waals surface area contributed by atoms with Gasteiger partial charge in [-0.05, 0) is 176 Å². The first-order valence-corrected chi connectivity index (χ1v) is 37.5. The lowest BCUT2D eigenvalue weighted by atomic mass is 9.77. The summed E-state index contributed by atoms with van der Waals surface area (Å²) in [6.07, 6.45) is 38.9. The van der Waals surface area contributed by atoms with Crippen molar-refractivity contribution in [1.29, 1.82) is 0 Å². The van der Waals surface area contributed by atoms with Crippen LogP contribution in [0.2, 0.25) is 0 Å². The number of piperidine rings is 4. The fourth-order valence-corrected chi connectivity index (χ4v) is 12.6. The van der Waals surface area contributed by atoms with Gasteiger partial charge < -0.3 is 35.7 Å². The third kappa shape index (κ3) is 29.0. The van der Waals surface area contributed by atoms with Crippen molar-refractivity contribution in [3.63, 3.8) is 0 Å². The number of benzene rings is 2. The number of nitrogens with two attached hydrogens (primary N) is 1. The van der Waals surface area contributed by atoms with Gasteiger partial charge in [0.15, 0.2) is 23.1 Å². The van der Waals surface area contributed by atoms with E-state index in [1.54, 1.807) is 52.9 Å². The van der Waals surface area contributed by atoms with E-state index < -0.39 is 39.2 Å². The fraction of sp³-hybridized carbons (Fsp3) is 0.633. The Hall–Kier alpha value is -8.34. The summed E-state index contributed by atoms with van der Waals surface area (Å²) in [6, 6.07) is 9.12. The molecular weight excluding hydrogens is 1400 g/mol. The molecule has 10 rings (SSSR count). The number of aliphatic hydroxyl groups is 2. The standard InChI is InChI=1S/2C27H37FN4O4.C13H19NO2.C6H10N2O2.C6H8O.ClH.H2O/c2*1-3-27(35,20-10-11-22(28)23(15-20)36-17-19-8-9-19)18-32-21(16-29-31-32)7-5-4-6-13-26(2)14-12-24(33)30-25(26)34;1-3-4-5-6-7-9-13(2)10-8-11(15)14-12(13)16;1-6(7)3-2-4(9)8-5(6)10;1-2-3-4-5-6-7;;/h2*10-11,15-16,19,35H,3-9,12-14,17-18H2,1-2H3,(H,30,33,34);1H,4-10H2,2H3,(H,14,15,16);2-3,7H2,1H3,(H,8,9,10);1,6H,3-5H2;1H;1H2/t2*26?,27-;;;;;/m11...../s1. The zero-order chi connectivity index (χ0) is 76.9. The van der Waals surface area contributed by atoms with Crippen LogP contribution < -0.4 is 36.5 Å². The Kier molecular flexibility index (Phi) is 37.1. The molecule has 25 nitrogen and oxygen atoms in total. The smallest absolute Gasteiger partial charge is 0.246 e. The van der Waals surface area contributed by atoms with Gasteiger partial charge in [-0.3, -0.25) is 59.6 Å². The number of halogens is 3. The minimum Gasteiger partial charge on any atom is -0.490 e. The quantitative estimate of drug-likeness (QED) is 0.00989. The van der Waals surface area contributed by atoms with Crippen molar-refractivity contribution in [2.24, 2.45) is 33.8 Å². The van der Waals surface area contributed by atoms with Crippen LogP contribution in [0.25, 0.3) is 0 Å². The summed E-state index contributed by atoms with van der Waals surface area (Å²) in [5, 5.41) is 49.0. The number of nitrogens with one attached hydrogen (secondary N) is 4. The van der Waals surface area contributed by atoms with Gasteiger partial charge in [0.05, 0.1) is 55.6 Å². The fourth-order valence-electron chi connectivity index (χ4n) is 12.6. The number of carbonyl (C=O) groups is 9. The number of unbranched alkanes of at least 4 members (excludes halogenated alkanes) is 9. The highest BCUT2D eigenvalue weighted by molar-refractivity contribution is 6.03. The zero-order valence-corrected chi connectivity index (χ0v) is 64.1. The first kappa shape index (κ1) is 91.0. The summed E-state index contributed by atoms with van der Waals surface area (Å²) in [7, 11) is 0. The summed E-state index contributed by atoms with van der Waals surface area (Å²) in [6.45, 7) is 12.6. The number of hydrogen-bond donors (Lipinski definition) is 7. The van der Waals surface area contributed by atoms with E-state index in [1.807, 2.05) is 34.6 Å². The van der Waals surface area contributed by atoms with Crippen molar-refractivity contribution in [3.05, 3.63) is 82.9 Å². The number of imide groups is 4. The van der Waals surface area contributed by atoms with Crippen LogP contribution in [0.5, 0.6) is 11.5 Å². The van der Waals surface area contributed by atoms with Crippen LogP contribution in [0.3, 0.4) is 0 Å². The molecule has 6 heterocycles. The molecule has 4 unspecified atom stereocenters. The largest absolute Gasteiger partial charge is 0.490 e. The molecule has 0 radical (unpaired) electrons. The second-order valence-corrected chi connectivity index (χ2v) is 30.1. The maximum absolute atomic E-state index is 14.3. The normalized spacial score (nSPS) is 22.0. The van der Waals surface area contributed by atoms with Gasteiger partial charge in [-0.1, -0.05) is 95.7 Å². The maximum Gasteiger partial charge on any atom is 0.246 e. The Morgan fingerprint density at radius 3 is 1.24 bits per heavy atom. The molecule has 10 N–H and O–H groups in total. The Balaban J connectivity index is 0.000000316. The third-order valence-electron chi connectivity index (χ3n) is 20.9. The van der Waals surface area contributed by atoms with Crippen molar-refractivity contribution < 1.29 is 77.1 Å². The van der Waals surface area contributed by atoms with E-state index in [2.05, 4.69) is 53.7 Å². The van der Waals surface area contributed by atoms with Gasteiger partial charge in [-0.15, -0.1) is 47.3 Å². The number of amides is 8. The predicted octanol–water partition coefficient (Wildman–Crippen LogP) is 9.84. The van der Waals surface area contributed by atoms with Crippen molar-refractivity contribution in [1.82, 2.24) is 51.3 Å². The molecular formula is C79H114ClF2N11O14.